The van der Waals surface area contributed by atoms with Gasteiger partial charge in [0, 0.05) is 12.1 Å². The number of esters is 1. The van der Waals surface area contributed by atoms with Crippen molar-refractivity contribution in [1.29, 1.82) is 0 Å². The highest BCUT2D eigenvalue weighted by Crippen LogP contribution is 2.17. The minimum absolute atomic E-state index is 0.0411. The van der Waals surface area contributed by atoms with Crippen LogP contribution in [0.3, 0.4) is 0 Å². The van der Waals surface area contributed by atoms with Gasteiger partial charge >= 0.3 is 11.9 Å². The molecule has 22 heavy (non-hydrogen) atoms. The molecule has 0 fully saturated rings. The van der Waals surface area contributed by atoms with E-state index in [2.05, 4.69) is 11.2 Å². The third kappa shape index (κ3) is 5.23. The molecule has 0 heterocycles. The largest absolute Gasteiger partial charge is 0.478 e. The van der Waals surface area contributed by atoms with E-state index < -0.39 is 11.6 Å². The van der Waals surface area contributed by atoms with Gasteiger partial charge in [-0.05, 0) is 51.0 Å². The first-order chi connectivity index (χ1) is 10.1. The maximum atomic E-state index is 11.6. The second-order valence-electron chi connectivity index (χ2n) is 5.95. The predicted octanol–water partition coefficient (Wildman–Crippen LogP) is 2.11. The van der Waals surface area contributed by atoms with Crippen LogP contribution >= 0.6 is 0 Å². The third-order valence-corrected chi connectivity index (χ3v) is 2.92. The summed E-state index contributed by atoms with van der Waals surface area (Å²) in [5.74, 6) is 1.08. The summed E-state index contributed by atoms with van der Waals surface area (Å²) >= 11 is 0. The summed E-state index contributed by atoms with van der Waals surface area (Å²) in [5, 5.41) is 12.0. The Kier molecular flexibility index (Phi) is 5.72. The minimum Gasteiger partial charge on any atom is -0.478 e. The van der Waals surface area contributed by atoms with Gasteiger partial charge in [0.05, 0.1) is 12.1 Å². The Bertz CT molecular complexity index is 621. The highest BCUT2D eigenvalue weighted by Gasteiger charge is 2.16. The molecular formula is C17H21NO4. The van der Waals surface area contributed by atoms with Crippen LogP contribution in [0.1, 0.15) is 47.8 Å². The van der Waals surface area contributed by atoms with Crippen molar-refractivity contribution >= 4 is 11.9 Å². The molecule has 1 aromatic rings. The molecular weight excluding hydrogens is 282 g/mol. The van der Waals surface area contributed by atoms with Gasteiger partial charge < -0.3 is 15.2 Å². The predicted molar refractivity (Wildman–Crippen MR) is 83.6 cm³/mol. The van der Waals surface area contributed by atoms with Crippen molar-refractivity contribution in [2.45, 2.75) is 39.8 Å². The molecule has 2 N–H and O–H groups in total. The maximum absolute atomic E-state index is 11.6. The quantitative estimate of drug-likeness (QED) is 0.643. The fourth-order valence-corrected chi connectivity index (χ4v) is 1.91. The normalized spacial score (nSPS) is 10.9. The number of hydrogen-bond acceptors (Lipinski definition) is 4. The van der Waals surface area contributed by atoms with Crippen LogP contribution in [0.25, 0.3) is 0 Å². The number of carboxylic acid groups (broad SMARTS) is 1. The van der Waals surface area contributed by atoms with Gasteiger partial charge in [0.25, 0.3) is 0 Å². The van der Waals surface area contributed by atoms with Gasteiger partial charge in [0.2, 0.25) is 0 Å². The lowest BCUT2D eigenvalue weighted by molar-refractivity contribution is -0.153. The first-order valence-corrected chi connectivity index (χ1v) is 6.90. The zero-order valence-corrected chi connectivity index (χ0v) is 13.3. The van der Waals surface area contributed by atoms with E-state index in [9.17, 15) is 9.59 Å². The van der Waals surface area contributed by atoms with E-state index in [0.29, 0.717) is 12.1 Å². The van der Waals surface area contributed by atoms with Crippen molar-refractivity contribution in [3.63, 3.8) is 0 Å². The molecule has 0 spiro atoms. The Hall–Kier alpha value is -2.32. The molecule has 1 aromatic carbocycles. The van der Waals surface area contributed by atoms with E-state index in [1.54, 1.807) is 26.8 Å². The summed E-state index contributed by atoms with van der Waals surface area (Å²) in [6.45, 7) is 7.59. The zero-order valence-electron chi connectivity index (χ0n) is 13.3. The Morgan fingerprint density at radius 1 is 1.36 bits per heavy atom. The standard InChI is InChI=1S/C17H21NO4/c1-6-12-7-13(16(20)21)8-14(11(12)2)9-18-10-15(19)22-17(3,4)5/h1,7-8,18H,9-10H2,2-5H3,(H,20,21). The van der Waals surface area contributed by atoms with E-state index in [1.165, 1.54) is 6.07 Å². The number of hydrogen-bond donors (Lipinski definition) is 2. The van der Waals surface area contributed by atoms with Crippen LogP contribution in [0, 0.1) is 19.3 Å². The Morgan fingerprint density at radius 2 is 2.00 bits per heavy atom. The monoisotopic (exact) mass is 303 g/mol. The summed E-state index contributed by atoms with van der Waals surface area (Å²) in [7, 11) is 0. The lowest BCUT2D eigenvalue weighted by Crippen LogP contribution is -2.31. The number of benzene rings is 1. The Morgan fingerprint density at radius 3 is 2.50 bits per heavy atom. The van der Waals surface area contributed by atoms with Crippen LogP contribution in [0.15, 0.2) is 12.1 Å². The van der Waals surface area contributed by atoms with E-state index in [0.717, 1.165) is 11.1 Å². The van der Waals surface area contributed by atoms with E-state index in [4.69, 9.17) is 16.3 Å². The number of carboxylic acids is 1. The van der Waals surface area contributed by atoms with Crippen molar-refractivity contribution in [1.82, 2.24) is 5.32 Å². The number of carbonyl (C=O) groups is 2. The molecule has 0 saturated carbocycles. The number of terminal acetylenes is 1. The summed E-state index contributed by atoms with van der Waals surface area (Å²) in [5.41, 5.74) is 1.70. The third-order valence-electron chi connectivity index (χ3n) is 2.92. The second kappa shape index (κ2) is 7.10. The van der Waals surface area contributed by atoms with Crippen LogP contribution in [-0.4, -0.2) is 29.2 Å². The average Bonchev–Trinajstić information content (AvgIpc) is 2.38. The molecule has 5 nitrogen and oxygen atoms in total. The van der Waals surface area contributed by atoms with Gasteiger partial charge in [-0.2, -0.15) is 0 Å². The fourth-order valence-electron chi connectivity index (χ4n) is 1.91. The molecule has 118 valence electrons. The number of nitrogens with one attached hydrogen (secondary N) is 1. The van der Waals surface area contributed by atoms with Gasteiger partial charge in [-0.1, -0.05) is 5.92 Å². The first kappa shape index (κ1) is 17.7. The van der Waals surface area contributed by atoms with Crippen LogP contribution < -0.4 is 5.32 Å². The van der Waals surface area contributed by atoms with Crippen LogP contribution in [0.5, 0.6) is 0 Å². The molecule has 1 rings (SSSR count). The molecule has 5 heteroatoms. The van der Waals surface area contributed by atoms with Crippen LogP contribution in [0.4, 0.5) is 0 Å². The number of rotatable bonds is 5. The fraction of sp³-hybridized carbons (Fsp3) is 0.412. The lowest BCUT2D eigenvalue weighted by Gasteiger charge is -2.19. The number of carbonyl (C=O) groups excluding carboxylic acids is 1. The first-order valence-electron chi connectivity index (χ1n) is 6.90. The smallest absolute Gasteiger partial charge is 0.335 e. The lowest BCUT2D eigenvalue weighted by atomic mass is 9.99. The van der Waals surface area contributed by atoms with Crippen LogP contribution in [-0.2, 0) is 16.1 Å². The van der Waals surface area contributed by atoms with Crippen molar-refractivity contribution in [3.8, 4) is 12.3 Å². The summed E-state index contributed by atoms with van der Waals surface area (Å²) < 4.78 is 5.18. The molecule has 0 amide bonds. The molecule has 0 unspecified atom stereocenters. The van der Waals surface area contributed by atoms with Crippen molar-refractivity contribution in [2.24, 2.45) is 0 Å². The number of ether oxygens (including phenoxy) is 1. The highest BCUT2D eigenvalue weighted by molar-refractivity contribution is 5.88. The van der Waals surface area contributed by atoms with Crippen molar-refractivity contribution < 1.29 is 19.4 Å². The summed E-state index contributed by atoms with van der Waals surface area (Å²) in [6.07, 6.45) is 5.40. The maximum Gasteiger partial charge on any atom is 0.335 e. The van der Waals surface area contributed by atoms with Gasteiger partial charge in [-0.25, -0.2) is 4.79 Å². The van der Waals surface area contributed by atoms with E-state index in [1.807, 2.05) is 6.92 Å². The highest BCUT2D eigenvalue weighted by atomic mass is 16.6. The molecule has 0 aromatic heterocycles. The molecule has 0 bridgehead atoms. The van der Waals surface area contributed by atoms with E-state index >= 15 is 0 Å². The van der Waals surface area contributed by atoms with Gasteiger partial charge in [-0.3, -0.25) is 4.79 Å². The molecule has 0 aliphatic rings. The van der Waals surface area contributed by atoms with Crippen molar-refractivity contribution in [2.75, 3.05) is 6.54 Å². The molecule has 0 aliphatic carbocycles. The second-order valence-corrected chi connectivity index (χ2v) is 5.95. The van der Waals surface area contributed by atoms with Gasteiger partial charge in [0.15, 0.2) is 0 Å². The van der Waals surface area contributed by atoms with E-state index in [-0.39, 0.29) is 18.1 Å². The Labute approximate surface area is 130 Å². The minimum atomic E-state index is -1.04. The van der Waals surface area contributed by atoms with Gasteiger partial charge in [-0.15, -0.1) is 6.42 Å². The number of aromatic carboxylic acids is 1. The summed E-state index contributed by atoms with van der Waals surface area (Å²) in [6, 6.07) is 3.02. The molecule has 0 aliphatic heterocycles. The average molecular weight is 303 g/mol. The summed E-state index contributed by atoms with van der Waals surface area (Å²) in [4.78, 5) is 22.7. The van der Waals surface area contributed by atoms with Crippen molar-refractivity contribution in [3.05, 3.63) is 34.4 Å². The molecule has 0 radical (unpaired) electrons. The van der Waals surface area contributed by atoms with Gasteiger partial charge in [0.1, 0.15) is 5.60 Å². The SMILES string of the molecule is C#Cc1cc(C(=O)O)cc(CNCC(=O)OC(C)(C)C)c1C. The van der Waals surface area contributed by atoms with Crippen LogP contribution in [0.2, 0.25) is 0 Å². The topological polar surface area (TPSA) is 75.6 Å². The molecule has 0 saturated heterocycles. The zero-order chi connectivity index (χ0) is 16.9. The Balaban J connectivity index is 2.78. The molecule has 0 atom stereocenters.